The molecule has 0 radical (unpaired) electrons. The van der Waals surface area contributed by atoms with Gasteiger partial charge in [0.05, 0.1) is 0 Å². The van der Waals surface area contributed by atoms with Gasteiger partial charge < -0.3 is 0 Å². The summed E-state index contributed by atoms with van der Waals surface area (Å²) in [6.07, 6.45) is 2.01. The maximum atomic E-state index is 10.9. The van der Waals surface area contributed by atoms with E-state index in [-0.39, 0.29) is 0 Å². The van der Waals surface area contributed by atoms with E-state index < -0.39 is 0 Å². The van der Waals surface area contributed by atoms with Crippen molar-refractivity contribution in [2.75, 3.05) is 5.75 Å². The molecule has 3 heteroatoms. The van der Waals surface area contributed by atoms with Crippen LogP contribution in [0.15, 0.2) is 0 Å². The van der Waals surface area contributed by atoms with Crippen molar-refractivity contribution in [2.45, 2.75) is 24.3 Å². The van der Waals surface area contributed by atoms with Crippen LogP contribution in [0.5, 0.6) is 0 Å². The van der Waals surface area contributed by atoms with Gasteiger partial charge >= 0.3 is 0 Å². The third kappa shape index (κ3) is 2.20. The normalized spacial score (nSPS) is 33.8. The highest BCUT2D eigenvalue weighted by atomic mass is 32.2. The molecule has 0 aromatic rings. The predicted molar refractivity (Wildman–Crippen MR) is 48.6 cm³/mol. The summed E-state index contributed by atoms with van der Waals surface area (Å²) in [6, 6.07) is 0. The number of thioether (sulfide) groups is 1. The topological polar surface area (TPSA) is 17.1 Å². The van der Waals surface area contributed by atoms with E-state index in [9.17, 15) is 4.79 Å². The number of ketones is 1. The maximum absolute atomic E-state index is 10.9. The Morgan fingerprint density at radius 1 is 1.70 bits per heavy atom. The lowest BCUT2D eigenvalue weighted by molar-refractivity contribution is -0.120. The van der Waals surface area contributed by atoms with Crippen molar-refractivity contribution < 1.29 is 4.79 Å². The van der Waals surface area contributed by atoms with Crippen molar-refractivity contribution in [3.63, 3.8) is 0 Å². The summed E-state index contributed by atoms with van der Waals surface area (Å²) >= 11 is 6.18. The molecule has 58 valence electrons. The van der Waals surface area contributed by atoms with Crippen LogP contribution in [0.25, 0.3) is 0 Å². The van der Waals surface area contributed by atoms with Gasteiger partial charge in [0.15, 0.2) is 0 Å². The highest BCUT2D eigenvalue weighted by Gasteiger charge is 2.22. The van der Waals surface area contributed by atoms with Gasteiger partial charge in [-0.15, -0.1) is 11.8 Å². The lowest BCUT2D eigenvalue weighted by Crippen LogP contribution is -2.20. The molecule has 0 bridgehead atoms. The SMILES string of the molecule is CC(=O)C1CCSC(S)C1. The second kappa shape index (κ2) is 3.67. The zero-order valence-electron chi connectivity index (χ0n) is 6.04. The molecule has 2 unspecified atom stereocenters. The first kappa shape index (κ1) is 8.47. The van der Waals surface area contributed by atoms with Gasteiger partial charge in [-0.1, -0.05) is 0 Å². The molecule has 1 aliphatic heterocycles. The van der Waals surface area contributed by atoms with E-state index in [4.69, 9.17) is 0 Å². The van der Waals surface area contributed by atoms with Gasteiger partial charge in [0, 0.05) is 10.5 Å². The van der Waals surface area contributed by atoms with Crippen LogP contribution in [-0.2, 0) is 4.79 Å². The summed E-state index contributed by atoms with van der Waals surface area (Å²) < 4.78 is 0.391. The molecule has 0 amide bonds. The minimum absolute atomic E-state index is 0.295. The molecular weight excluding hydrogens is 164 g/mol. The first-order chi connectivity index (χ1) is 4.70. The van der Waals surface area contributed by atoms with Crippen molar-refractivity contribution in [3.05, 3.63) is 0 Å². The summed E-state index contributed by atoms with van der Waals surface area (Å²) in [7, 11) is 0. The van der Waals surface area contributed by atoms with Crippen LogP contribution in [0.2, 0.25) is 0 Å². The summed E-state index contributed by atoms with van der Waals surface area (Å²) in [5.74, 6) is 1.72. The number of carbonyl (C=O) groups excluding carboxylic acids is 1. The van der Waals surface area contributed by atoms with E-state index in [1.54, 1.807) is 6.92 Å². The molecule has 1 heterocycles. The molecule has 1 nitrogen and oxygen atoms in total. The van der Waals surface area contributed by atoms with E-state index in [0.29, 0.717) is 16.3 Å². The highest BCUT2D eigenvalue weighted by molar-refractivity contribution is 8.10. The maximum Gasteiger partial charge on any atom is 0.133 e. The van der Waals surface area contributed by atoms with E-state index >= 15 is 0 Å². The molecule has 0 spiro atoms. The third-order valence-corrected chi connectivity index (χ3v) is 3.54. The second-order valence-corrected chi connectivity index (χ2v) is 4.94. The zero-order chi connectivity index (χ0) is 7.56. The highest BCUT2D eigenvalue weighted by Crippen LogP contribution is 2.31. The van der Waals surface area contributed by atoms with Gasteiger partial charge in [-0.3, -0.25) is 4.79 Å². The van der Waals surface area contributed by atoms with Gasteiger partial charge in [-0.05, 0) is 25.5 Å². The average molecular weight is 176 g/mol. The first-order valence-corrected chi connectivity index (χ1v) is 5.07. The molecule has 0 aromatic carbocycles. The molecule has 0 saturated carbocycles. The summed E-state index contributed by atoms with van der Waals surface area (Å²) in [6.45, 7) is 1.68. The number of thiol groups is 1. The van der Waals surface area contributed by atoms with Crippen molar-refractivity contribution >= 4 is 30.2 Å². The molecule has 1 rings (SSSR count). The van der Waals surface area contributed by atoms with Crippen LogP contribution >= 0.6 is 24.4 Å². The van der Waals surface area contributed by atoms with E-state index in [0.717, 1.165) is 18.6 Å². The number of hydrogen-bond donors (Lipinski definition) is 1. The predicted octanol–water partition coefficient (Wildman–Crippen LogP) is 1.97. The number of Topliss-reactive ketones (excluding diaryl/α,β-unsaturated/α-hetero) is 1. The van der Waals surface area contributed by atoms with Crippen molar-refractivity contribution in [2.24, 2.45) is 5.92 Å². The van der Waals surface area contributed by atoms with Crippen LogP contribution < -0.4 is 0 Å². The van der Waals surface area contributed by atoms with Gasteiger partial charge in [0.2, 0.25) is 0 Å². The molecule has 0 aromatic heterocycles. The standard InChI is InChI=1S/C7H12OS2/c1-5(8)6-2-3-10-7(9)4-6/h6-7,9H,2-4H2,1H3. The second-order valence-electron chi connectivity index (χ2n) is 2.66. The third-order valence-electron chi connectivity index (χ3n) is 1.84. The van der Waals surface area contributed by atoms with Crippen LogP contribution in [-0.4, -0.2) is 16.1 Å². The lowest BCUT2D eigenvalue weighted by Gasteiger charge is -2.23. The minimum atomic E-state index is 0.295. The van der Waals surface area contributed by atoms with E-state index in [1.165, 1.54) is 0 Å². The molecule has 10 heavy (non-hydrogen) atoms. The average Bonchev–Trinajstić information content (AvgIpc) is 1.88. The van der Waals surface area contributed by atoms with Gasteiger partial charge in [0.1, 0.15) is 5.78 Å². The largest absolute Gasteiger partial charge is 0.300 e. The van der Waals surface area contributed by atoms with Gasteiger partial charge in [-0.25, -0.2) is 0 Å². The molecule has 2 atom stereocenters. The Morgan fingerprint density at radius 3 is 2.80 bits per heavy atom. The summed E-state index contributed by atoms with van der Waals surface area (Å²) in [5.41, 5.74) is 0. The Bertz CT molecular complexity index is 136. The van der Waals surface area contributed by atoms with Crippen LogP contribution in [0.4, 0.5) is 0 Å². The van der Waals surface area contributed by atoms with Gasteiger partial charge in [-0.2, -0.15) is 12.6 Å². The van der Waals surface area contributed by atoms with Crippen LogP contribution in [0, 0.1) is 5.92 Å². The fraction of sp³-hybridized carbons (Fsp3) is 0.857. The Balaban J connectivity index is 2.39. The first-order valence-electron chi connectivity index (χ1n) is 3.50. The number of rotatable bonds is 1. The molecule has 0 aliphatic carbocycles. The van der Waals surface area contributed by atoms with Crippen molar-refractivity contribution in [1.29, 1.82) is 0 Å². The molecule has 1 aliphatic rings. The zero-order valence-corrected chi connectivity index (χ0v) is 7.75. The van der Waals surface area contributed by atoms with E-state index in [1.807, 2.05) is 11.8 Å². The monoisotopic (exact) mass is 176 g/mol. The molecule has 0 N–H and O–H groups in total. The fourth-order valence-electron chi connectivity index (χ4n) is 1.14. The van der Waals surface area contributed by atoms with Crippen molar-refractivity contribution in [1.82, 2.24) is 0 Å². The van der Waals surface area contributed by atoms with Crippen LogP contribution in [0.1, 0.15) is 19.8 Å². The Labute approximate surface area is 71.4 Å². The summed E-state index contributed by atoms with van der Waals surface area (Å²) in [5, 5.41) is 0. The number of carbonyl (C=O) groups is 1. The quantitative estimate of drug-likeness (QED) is 0.615. The van der Waals surface area contributed by atoms with E-state index in [2.05, 4.69) is 12.6 Å². The van der Waals surface area contributed by atoms with Crippen LogP contribution in [0.3, 0.4) is 0 Å². The van der Waals surface area contributed by atoms with Crippen molar-refractivity contribution in [3.8, 4) is 0 Å². The smallest absolute Gasteiger partial charge is 0.133 e. The molecule has 1 fully saturated rings. The minimum Gasteiger partial charge on any atom is -0.300 e. The Kier molecular flexibility index (Phi) is 3.11. The Hall–Kier alpha value is 0.370. The fourth-order valence-corrected chi connectivity index (χ4v) is 2.78. The molecular formula is C7H12OS2. The Morgan fingerprint density at radius 2 is 2.40 bits per heavy atom. The lowest BCUT2D eigenvalue weighted by atomic mass is 9.99. The number of hydrogen-bond acceptors (Lipinski definition) is 3. The molecule has 1 saturated heterocycles. The van der Waals surface area contributed by atoms with Gasteiger partial charge in [0.25, 0.3) is 0 Å². The summed E-state index contributed by atoms with van der Waals surface area (Å²) in [4.78, 5) is 10.9.